The third-order valence-corrected chi connectivity index (χ3v) is 8.37. The van der Waals surface area contributed by atoms with Gasteiger partial charge >= 0.3 is 0 Å². The molecule has 1 nitrogen and oxygen atoms in total. The summed E-state index contributed by atoms with van der Waals surface area (Å²) in [5, 5.41) is 10.6. The van der Waals surface area contributed by atoms with Crippen LogP contribution in [0, 0.1) is 20.8 Å². The van der Waals surface area contributed by atoms with E-state index in [0.29, 0.717) is 0 Å². The van der Waals surface area contributed by atoms with Crippen molar-refractivity contribution in [3.8, 4) is 16.8 Å². The third kappa shape index (κ3) is 2.82. The van der Waals surface area contributed by atoms with Crippen LogP contribution in [-0.4, -0.2) is 4.57 Å². The highest BCUT2D eigenvalue weighted by Crippen LogP contribution is 2.45. The molecule has 0 amide bonds. The van der Waals surface area contributed by atoms with Crippen LogP contribution in [0.3, 0.4) is 0 Å². The maximum Gasteiger partial charge on any atom is 0.0620 e. The number of nitrogens with zero attached hydrogens (tertiary/aromatic N) is 1. The molecule has 8 rings (SSSR count). The van der Waals surface area contributed by atoms with Crippen molar-refractivity contribution in [2.45, 2.75) is 20.8 Å². The maximum absolute atomic E-state index is 2.45. The summed E-state index contributed by atoms with van der Waals surface area (Å²) in [4.78, 5) is 0. The standard InChI is InChI=1S/C37H27N/c1-22-19-23(2)34(24(3)20-22)29-16-13-25-14-18-31-36-26(15-17-30(29)35(25)36)21-32-28-11-7-8-12-33(28)38(37(31)32)27-9-5-4-6-10-27/h4-21H,1-3H3. The molecule has 8 aromatic rings. The van der Waals surface area contributed by atoms with E-state index in [1.54, 1.807) is 0 Å². The van der Waals surface area contributed by atoms with E-state index in [-0.39, 0.29) is 0 Å². The summed E-state index contributed by atoms with van der Waals surface area (Å²) < 4.78 is 2.45. The molecular weight excluding hydrogens is 458 g/mol. The van der Waals surface area contributed by atoms with Crippen LogP contribution < -0.4 is 0 Å². The van der Waals surface area contributed by atoms with Crippen molar-refractivity contribution < 1.29 is 0 Å². The van der Waals surface area contributed by atoms with Crippen LogP contribution in [0.25, 0.3) is 70.9 Å². The molecule has 0 aliphatic rings. The minimum Gasteiger partial charge on any atom is -0.309 e. The van der Waals surface area contributed by atoms with Crippen LogP contribution in [0.2, 0.25) is 0 Å². The zero-order valence-electron chi connectivity index (χ0n) is 21.8. The van der Waals surface area contributed by atoms with E-state index in [0.717, 1.165) is 0 Å². The first kappa shape index (κ1) is 21.5. The molecule has 0 N–H and O–H groups in total. The van der Waals surface area contributed by atoms with Crippen LogP contribution in [0.15, 0.2) is 109 Å². The molecule has 0 bridgehead atoms. The van der Waals surface area contributed by atoms with Crippen LogP contribution in [0.1, 0.15) is 16.7 Å². The number of para-hydroxylation sites is 2. The molecule has 0 unspecified atom stereocenters. The van der Waals surface area contributed by atoms with Gasteiger partial charge in [-0.15, -0.1) is 0 Å². The Bertz CT molecular complexity index is 2170. The Morgan fingerprint density at radius 3 is 1.97 bits per heavy atom. The zero-order chi connectivity index (χ0) is 25.5. The van der Waals surface area contributed by atoms with Crippen molar-refractivity contribution in [2.75, 3.05) is 0 Å². The van der Waals surface area contributed by atoms with E-state index < -0.39 is 0 Å². The SMILES string of the molecule is Cc1cc(C)c(-c2ccc3ccc4c5c(ccc2c35)cc2c3ccccc3n(-c3ccccc3)c24)c(C)c1. The minimum atomic E-state index is 1.19. The zero-order valence-corrected chi connectivity index (χ0v) is 21.8. The van der Waals surface area contributed by atoms with Crippen LogP contribution in [0.5, 0.6) is 0 Å². The molecule has 180 valence electrons. The largest absolute Gasteiger partial charge is 0.309 e. The summed E-state index contributed by atoms with van der Waals surface area (Å²) in [6, 6.07) is 40.6. The van der Waals surface area contributed by atoms with Crippen LogP contribution in [0.4, 0.5) is 0 Å². The molecule has 0 radical (unpaired) electrons. The van der Waals surface area contributed by atoms with Gasteiger partial charge in [-0.05, 0) is 94.2 Å². The first-order chi connectivity index (χ1) is 18.6. The first-order valence-corrected chi connectivity index (χ1v) is 13.4. The lowest BCUT2D eigenvalue weighted by atomic mass is 9.86. The van der Waals surface area contributed by atoms with Gasteiger partial charge in [-0.1, -0.05) is 90.5 Å². The highest BCUT2D eigenvalue weighted by Gasteiger charge is 2.20. The summed E-state index contributed by atoms with van der Waals surface area (Å²) in [5.41, 5.74) is 10.4. The van der Waals surface area contributed by atoms with Gasteiger partial charge in [0, 0.05) is 21.8 Å². The number of aromatic nitrogens is 1. The summed E-state index contributed by atoms with van der Waals surface area (Å²) >= 11 is 0. The lowest BCUT2D eigenvalue weighted by molar-refractivity contribution is 1.19. The Hall–Kier alpha value is -4.62. The normalized spacial score (nSPS) is 12.1. The van der Waals surface area contributed by atoms with Crippen molar-refractivity contribution in [1.82, 2.24) is 4.57 Å². The van der Waals surface area contributed by atoms with E-state index in [1.165, 1.54) is 87.6 Å². The van der Waals surface area contributed by atoms with Gasteiger partial charge in [-0.25, -0.2) is 0 Å². The van der Waals surface area contributed by atoms with Gasteiger partial charge in [0.25, 0.3) is 0 Å². The van der Waals surface area contributed by atoms with E-state index in [1.807, 2.05) is 0 Å². The number of rotatable bonds is 2. The number of fused-ring (bicyclic) bond motifs is 4. The van der Waals surface area contributed by atoms with E-state index in [4.69, 9.17) is 0 Å². The molecule has 0 saturated heterocycles. The van der Waals surface area contributed by atoms with Gasteiger partial charge in [-0.3, -0.25) is 0 Å². The summed E-state index contributed by atoms with van der Waals surface area (Å²) in [7, 11) is 0. The summed E-state index contributed by atoms with van der Waals surface area (Å²) in [6.07, 6.45) is 0. The summed E-state index contributed by atoms with van der Waals surface area (Å²) in [6.45, 7) is 6.68. The molecular formula is C37H27N. The molecule has 0 atom stereocenters. The molecule has 0 spiro atoms. The van der Waals surface area contributed by atoms with Crippen molar-refractivity contribution in [3.05, 3.63) is 126 Å². The van der Waals surface area contributed by atoms with E-state index in [2.05, 4.69) is 135 Å². The molecule has 1 heteroatoms. The average molecular weight is 486 g/mol. The van der Waals surface area contributed by atoms with Crippen molar-refractivity contribution in [3.63, 3.8) is 0 Å². The van der Waals surface area contributed by atoms with Crippen LogP contribution in [-0.2, 0) is 0 Å². The van der Waals surface area contributed by atoms with Gasteiger partial charge in [0.15, 0.2) is 0 Å². The highest BCUT2D eigenvalue weighted by atomic mass is 15.0. The smallest absolute Gasteiger partial charge is 0.0620 e. The van der Waals surface area contributed by atoms with Gasteiger partial charge in [-0.2, -0.15) is 0 Å². The topological polar surface area (TPSA) is 4.93 Å². The number of aryl methyl sites for hydroxylation is 3. The molecule has 38 heavy (non-hydrogen) atoms. The summed E-state index contributed by atoms with van der Waals surface area (Å²) in [5.74, 6) is 0. The van der Waals surface area contributed by atoms with Gasteiger partial charge < -0.3 is 4.57 Å². The Morgan fingerprint density at radius 2 is 1.16 bits per heavy atom. The highest BCUT2D eigenvalue weighted by molar-refractivity contribution is 6.32. The van der Waals surface area contributed by atoms with Crippen molar-refractivity contribution >= 4 is 54.1 Å². The quantitative estimate of drug-likeness (QED) is 0.215. The molecule has 1 aromatic heterocycles. The molecule has 7 aromatic carbocycles. The van der Waals surface area contributed by atoms with E-state index in [9.17, 15) is 0 Å². The molecule has 1 heterocycles. The molecule has 0 aliphatic carbocycles. The Balaban J connectivity index is 1.58. The fraction of sp³-hybridized carbons (Fsp3) is 0.0811. The lowest BCUT2D eigenvalue weighted by Crippen LogP contribution is -1.95. The maximum atomic E-state index is 2.45. The average Bonchev–Trinajstić information content (AvgIpc) is 3.26. The van der Waals surface area contributed by atoms with Gasteiger partial charge in [0.05, 0.1) is 11.0 Å². The lowest BCUT2D eigenvalue weighted by Gasteiger charge is -2.18. The van der Waals surface area contributed by atoms with E-state index >= 15 is 0 Å². The number of hydrogen-bond donors (Lipinski definition) is 0. The monoisotopic (exact) mass is 485 g/mol. The fourth-order valence-corrected chi connectivity index (χ4v) is 6.99. The van der Waals surface area contributed by atoms with Crippen LogP contribution >= 0.6 is 0 Å². The van der Waals surface area contributed by atoms with Gasteiger partial charge in [0.1, 0.15) is 0 Å². The van der Waals surface area contributed by atoms with Gasteiger partial charge in [0.2, 0.25) is 0 Å². The second-order valence-electron chi connectivity index (χ2n) is 10.8. The first-order valence-electron chi connectivity index (χ1n) is 13.4. The Kier molecular flexibility index (Phi) is 4.35. The number of hydrogen-bond acceptors (Lipinski definition) is 0. The fourth-order valence-electron chi connectivity index (χ4n) is 6.99. The molecule has 0 saturated carbocycles. The van der Waals surface area contributed by atoms with Crippen molar-refractivity contribution in [2.24, 2.45) is 0 Å². The second kappa shape index (κ2) is 7.69. The third-order valence-electron chi connectivity index (χ3n) is 8.37. The number of benzene rings is 7. The second-order valence-corrected chi connectivity index (χ2v) is 10.8. The molecule has 0 fully saturated rings. The predicted octanol–water partition coefficient (Wildman–Crippen LogP) is 10.3. The Morgan fingerprint density at radius 1 is 0.500 bits per heavy atom. The van der Waals surface area contributed by atoms with Crippen molar-refractivity contribution in [1.29, 1.82) is 0 Å². The predicted molar refractivity (Wildman–Crippen MR) is 164 cm³/mol. The Labute approximate surface area is 221 Å². The minimum absolute atomic E-state index is 1.19. The molecule has 0 aliphatic heterocycles.